The van der Waals surface area contributed by atoms with Gasteiger partial charge in [-0.15, -0.1) is 13.2 Å². The fourth-order valence-electron chi connectivity index (χ4n) is 2.32. The van der Waals surface area contributed by atoms with Crippen molar-refractivity contribution in [2.45, 2.75) is 40.2 Å². The first-order chi connectivity index (χ1) is 12.2. The molecule has 0 aliphatic carbocycles. The normalized spacial score (nSPS) is 11.3. The van der Waals surface area contributed by atoms with Crippen LogP contribution in [0.15, 0.2) is 67.9 Å². The molecule has 0 amide bonds. The van der Waals surface area contributed by atoms with E-state index in [4.69, 9.17) is 4.98 Å². The molecule has 0 aliphatic heterocycles. The van der Waals surface area contributed by atoms with E-state index in [0.29, 0.717) is 6.04 Å². The predicted octanol–water partition coefficient (Wildman–Crippen LogP) is 6.14. The lowest BCUT2D eigenvalue weighted by molar-refractivity contribution is 0.885. The van der Waals surface area contributed by atoms with Gasteiger partial charge in [-0.2, -0.15) is 0 Å². The van der Waals surface area contributed by atoms with Crippen molar-refractivity contribution in [3.8, 4) is 11.3 Å². The molecule has 0 aliphatic rings. The number of benzene rings is 1. The van der Waals surface area contributed by atoms with Crippen LogP contribution < -0.4 is 5.32 Å². The van der Waals surface area contributed by atoms with Gasteiger partial charge in [0.25, 0.3) is 0 Å². The highest BCUT2D eigenvalue weighted by atomic mass is 15.0. The van der Waals surface area contributed by atoms with Crippen molar-refractivity contribution in [2.75, 3.05) is 5.32 Å². The number of aromatic nitrogens is 2. The lowest BCUT2D eigenvalue weighted by atomic mass is 10.0. The van der Waals surface area contributed by atoms with Crippen LogP contribution in [0.1, 0.15) is 39.8 Å². The molecule has 0 bridgehead atoms. The first-order valence-electron chi connectivity index (χ1n) is 8.68. The van der Waals surface area contributed by atoms with Crippen molar-refractivity contribution in [1.82, 2.24) is 9.97 Å². The molecular weight excluding hydrogens is 306 g/mol. The molecule has 0 spiro atoms. The zero-order chi connectivity index (χ0) is 18.7. The molecule has 25 heavy (non-hydrogen) atoms. The second-order valence-corrected chi connectivity index (χ2v) is 5.67. The van der Waals surface area contributed by atoms with Crippen molar-refractivity contribution in [3.05, 3.63) is 73.6 Å². The van der Waals surface area contributed by atoms with E-state index >= 15 is 0 Å². The molecule has 0 saturated heterocycles. The highest BCUT2D eigenvalue weighted by molar-refractivity contribution is 5.81. The first-order valence-corrected chi connectivity index (χ1v) is 8.68. The van der Waals surface area contributed by atoms with Gasteiger partial charge in [-0.25, -0.2) is 4.98 Å². The number of allylic oxidation sites excluding steroid dienone is 4. The summed E-state index contributed by atoms with van der Waals surface area (Å²) in [6, 6.07) is 10.5. The summed E-state index contributed by atoms with van der Waals surface area (Å²) in [5.41, 5.74) is 3.99. The maximum Gasteiger partial charge on any atom is 0.145 e. The molecule has 0 saturated carbocycles. The van der Waals surface area contributed by atoms with Crippen molar-refractivity contribution in [1.29, 1.82) is 0 Å². The Labute approximate surface area is 152 Å². The molecule has 1 heterocycles. The topological polar surface area (TPSA) is 37.8 Å². The molecule has 3 heteroatoms. The van der Waals surface area contributed by atoms with Crippen molar-refractivity contribution >= 4 is 11.4 Å². The third kappa shape index (κ3) is 6.03. The zero-order valence-electron chi connectivity index (χ0n) is 15.8. The Bertz CT molecular complexity index is 700. The summed E-state index contributed by atoms with van der Waals surface area (Å²) in [4.78, 5) is 9.50. The summed E-state index contributed by atoms with van der Waals surface area (Å²) < 4.78 is 0. The van der Waals surface area contributed by atoms with E-state index in [1.807, 2.05) is 31.3 Å². The molecule has 0 radical (unpaired) electrons. The Morgan fingerprint density at radius 2 is 1.88 bits per heavy atom. The van der Waals surface area contributed by atoms with E-state index in [2.05, 4.69) is 74.6 Å². The molecule has 1 aromatic heterocycles. The fraction of sp³-hybridized carbons (Fsp3) is 0.273. The second kappa shape index (κ2) is 11.0. The first kappa shape index (κ1) is 20.4. The predicted molar refractivity (Wildman–Crippen MR) is 111 cm³/mol. The number of hydrogen-bond acceptors (Lipinski definition) is 3. The molecule has 132 valence electrons. The van der Waals surface area contributed by atoms with Gasteiger partial charge in [0, 0.05) is 11.6 Å². The summed E-state index contributed by atoms with van der Waals surface area (Å²) in [6.07, 6.45) is 9.15. The molecule has 2 aromatic rings. The minimum atomic E-state index is 0.319. The summed E-state index contributed by atoms with van der Waals surface area (Å²) in [7, 11) is 0. The summed E-state index contributed by atoms with van der Waals surface area (Å²) in [6.45, 7) is 14.4. The average molecular weight is 335 g/mol. The van der Waals surface area contributed by atoms with E-state index in [9.17, 15) is 0 Å². The SMILES string of the molecule is C/C=C(\C=C/CC)c1ncc(NC(C)C)nc1-c1ccccc1.C=C. The maximum atomic E-state index is 4.81. The van der Waals surface area contributed by atoms with Gasteiger partial charge in [0.15, 0.2) is 0 Å². The van der Waals surface area contributed by atoms with Crippen molar-refractivity contribution in [2.24, 2.45) is 0 Å². The average Bonchev–Trinajstić information content (AvgIpc) is 2.65. The van der Waals surface area contributed by atoms with Crippen LogP contribution in [0.5, 0.6) is 0 Å². The van der Waals surface area contributed by atoms with E-state index in [1.54, 1.807) is 0 Å². The van der Waals surface area contributed by atoms with Crippen LogP contribution >= 0.6 is 0 Å². The monoisotopic (exact) mass is 335 g/mol. The highest BCUT2D eigenvalue weighted by Gasteiger charge is 2.12. The van der Waals surface area contributed by atoms with E-state index in [0.717, 1.165) is 34.8 Å². The van der Waals surface area contributed by atoms with Crippen molar-refractivity contribution < 1.29 is 0 Å². The van der Waals surface area contributed by atoms with Gasteiger partial charge in [0.2, 0.25) is 0 Å². The van der Waals surface area contributed by atoms with Crippen LogP contribution in [-0.2, 0) is 0 Å². The molecule has 1 N–H and O–H groups in total. The smallest absolute Gasteiger partial charge is 0.145 e. The molecule has 0 atom stereocenters. The van der Waals surface area contributed by atoms with Crippen molar-refractivity contribution in [3.63, 3.8) is 0 Å². The molecule has 0 unspecified atom stereocenters. The largest absolute Gasteiger partial charge is 0.367 e. The van der Waals surface area contributed by atoms with Gasteiger partial charge < -0.3 is 5.32 Å². The molecule has 2 rings (SSSR count). The van der Waals surface area contributed by atoms with Crippen LogP contribution in [0.2, 0.25) is 0 Å². The number of nitrogens with zero attached hydrogens (tertiary/aromatic N) is 2. The van der Waals surface area contributed by atoms with E-state index in [-0.39, 0.29) is 0 Å². The highest BCUT2D eigenvalue weighted by Crippen LogP contribution is 2.27. The van der Waals surface area contributed by atoms with E-state index in [1.165, 1.54) is 0 Å². The Morgan fingerprint density at radius 3 is 2.44 bits per heavy atom. The Balaban J connectivity index is 0.00000151. The van der Waals surface area contributed by atoms with Crippen LogP contribution in [0.4, 0.5) is 5.82 Å². The molecule has 3 nitrogen and oxygen atoms in total. The number of rotatable bonds is 6. The number of nitrogens with one attached hydrogen (secondary N) is 1. The quantitative estimate of drug-likeness (QED) is 0.509. The van der Waals surface area contributed by atoms with Gasteiger partial charge in [-0.1, -0.05) is 55.5 Å². The van der Waals surface area contributed by atoms with Crippen LogP contribution in [0, 0.1) is 0 Å². The third-order valence-electron chi connectivity index (χ3n) is 3.37. The van der Waals surface area contributed by atoms with Gasteiger partial charge in [0.05, 0.1) is 17.6 Å². The number of hydrogen-bond donors (Lipinski definition) is 1. The second-order valence-electron chi connectivity index (χ2n) is 5.67. The maximum absolute atomic E-state index is 4.81. The van der Waals surface area contributed by atoms with Gasteiger partial charge in [-0.05, 0) is 32.8 Å². The summed E-state index contributed by atoms with van der Waals surface area (Å²) in [5.74, 6) is 0.803. The van der Waals surface area contributed by atoms with E-state index < -0.39 is 0 Å². The molecular formula is C22H29N3. The fourth-order valence-corrected chi connectivity index (χ4v) is 2.32. The minimum Gasteiger partial charge on any atom is -0.367 e. The Morgan fingerprint density at radius 1 is 1.20 bits per heavy atom. The third-order valence-corrected chi connectivity index (χ3v) is 3.37. The molecule has 0 fully saturated rings. The Hall–Kier alpha value is -2.68. The zero-order valence-corrected chi connectivity index (χ0v) is 15.8. The number of anilines is 1. The lowest BCUT2D eigenvalue weighted by Gasteiger charge is -2.14. The molecule has 1 aromatic carbocycles. The van der Waals surface area contributed by atoms with Gasteiger partial charge >= 0.3 is 0 Å². The lowest BCUT2D eigenvalue weighted by Crippen LogP contribution is -2.12. The Kier molecular flexibility index (Phi) is 8.94. The standard InChI is InChI=1S/C20H25N3.C2H4/c1-5-7-11-16(6-2)19-20(17-12-9-8-10-13-17)23-18(14-21-19)22-15(3)4;1-2/h6-15H,5H2,1-4H3,(H,22,23);1-2H2/b11-7-,16-6+;. The van der Waals surface area contributed by atoms with Gasteiger partial charge in [0.1, 0.15) is 5.82 Å². The van der Waals surface area contributed by atoms with Gasteiger partial charge in [-0.3, -0.25) is 4.98 Å². The summed E-state index contributed by atoms with van der Waals surface area (Å²) in [5, 5.41) is 3.33. The minimum absolute atomic E-state index is 0.319. The summed E-state index contributed by atoms with van der Waals surface area (Å²) >= 11 is 0. The van der Waals surface area contributed by atoms with Crippen LogP contribution in [-0.4, -0.2) is 16.0 Å². The van der Waals surface area contributed by atoms with Crippen LogP contribution in [0.25, 0.3) is 16.8 Å². The van der Waals surface area contributed by atoms with Crippen LogP contribution in [0.3, 0.4) is 0 Å².